The van der Waals surface area contributed by atoms with Gasteiger partial charge >= 0.3 is 0 Å². The van der Waals surface area contributed by atoms with Gasteiger partial charge in [-0.3, -0.25) is 4.90 Å². The molecular weight excluding hydrogens is 307 g/mol. The summed E-state index contributed by atoms with van der Waals surface area (Å²) in [5.74, 6) is 0. The summed E-state index contributed by atoms with van der Waals surface area (Å²) in [6.45, 7) is 3.86. The summed E-state index contributed by atoms with van der Waals surface area (Å²) in [7, 11) is 2.04. The van der Waals surface area contributed by atoms with Crippen LogP contribution in [0.15, 0.2) is 36.8 Å². The molecule has 1 fully saturated rings. The average Bonchev–Trinajstić information content (AvgIpc) is 2.86. The van der Waals surface area contributed by atoms with E-state index in [9.17, 15) is 0 Å². The molecular formula is C15H20Cl2N4. The number of benzene rings is 1. The fourth-order valence-corrected chi connectivity index (χ4v) is 2.99. The Labute approximate surface area is 136 Å². The highest BCUT2D eigenvalue weighted by atomic mass is 35.5. The monoisotopic (exact) mass is 326 g/mol. The van der Waals surface area contributed by atoms with E-state index in [0.717, 1.165) is 31.2 Å². The molecule has 1 atom stereocenters. The molecule has 1 aliphatic heterocycles. The molecule has 0 radical (unpaired) electrons. The standard InChI is InChI=1S/C15H19ClN4.ClH/c1-19-11-18-8-12(19)10-20-7-6-17-9-15(20)13-4-2-3-5-14(13)16;/h2-5,8,11,15,17H,6-7,9-10H2,1H3;1H. The molecule has 0 saturated carbocycles. The van der Waals surface area contributed by atoms with E-state index in [1.54, 1.807) is 0 Å². The molecule has 0 spiro atoms. The lowest BCUT2D eigenvalue weighted by Gasteiger charge is -2.36. The van der Waals surface area contributed by atoms with Crippen LogP contribution in [0.1, 0.15) is 17.3 Å². The molecule has 1 N–H and O–H groups in total. The van der Waals surface area contributed by atoms with Gasteiger partial charge in [0.25, 0.3) is 0 Å². The van der Waals surface area contributed by atoms with Gasteiger partial charge < -0.3 is 9.88 Å². The van der Waals surface area contributed by atoms with Gasteiger partial charge in [-0.15, -0.1) is 12.4 Å². The number of imidazole rings is 1. The Kier molecular flexibility index (Phi) is 5.65. The van der Waals surface area contributed by atoms with Crippen LogP contribution < -0.4 is 5.32 Å². The molecule has 4 nitrogen and oxygen atoms in total. The minimum atomic E-state index is 0. The van der Waals surface area contributed by atoms with Crippen molar-refractivity contribution in [3.8, 4) is 0 Å². The largest absolute Gasteiger partial charge is 0.337 e. The average molecular weight is 327 g/mol. The molecule has 114 valence electrons. The summed E-state index contributed by atoms with van der Waals surface area (Å²) in [5, 5.41) is 4.31. The molecule has 1 aromatic heterocycles. The number of piperazine rings is 1. The lowest BCUT2D eigenvalue weighted by Crippen LogP contribution is -2.45. The fourth-order valence-electron chi connectivity index (χ4n) is 2.73. The number of nitrogens with zero attached hydrogens (tertiary/aromatic N) is 3. The van der Waals surface area contributed by atoms with Gasteiger partial charge in [0.1, 0.15) is 0 Å². The number of aromatic nitrogens is 2. The summed E-state index contributed by atoms with van der Waals surface area (Å²) in [4.78, 5) is 6.66. The van der Waals surface area contributed by atoms with Gasteiger partial charge in [0.2, 0.25) is 0 Å². The third kappa shape index (κ3) is 3.58. The van der Waals surface area contributed by atoms with Crippen LogP contribution in [0.2, 0.25) is 5.02 Å². The topological polar surface area (TPSA) is 33.1 Å². The van der Waals surface area contributed by atoms with E-state index in [0.29, 0.717) is 6.04 Å². The van der Waals surface area contributed by atoms with Crippen LogP contribution in [0.25, 0.3) is 0 Å². The first-order valence-electron chi connectivity index (χ1n) is 6.90. The molecule has 0 amide bonds. The summed E-state index contributed by atoms with van der Waals surface area (Å²) in [6.07, 6.45) is 3.79. The summed E-state index contributed by atoms with van der Waals surface area (Å²) >= 11 is 6.36. The van der Waals surface area contributed by atoms with Gasteiger partial charge in [-0.1, -0.05) is 29.8 Å². The molecule has 1 aromatic carbocycles. The number of hydrogen-bond acceptors (Lipinski definition) is 3. The quantitative estimate of drug-likeness (QED) is 0.941. The van der Waals surface area contributed by atoms with Crippen LogP contribution in [0.5, 0.6) is 0 Å². The van der Waals surface area contributed by atoms with Crippen molar-refractivity contribution in [2.75, 3.05) is 19.6 Å². The smallest absolute Gasteiger partial charge is 0.0945 e. The van der Waals surface area contributed by atoms with E-state index >= 15 is 0 Å². The maximum absolute atomic E-state index is 6.36. The molecule has 0 aliphatic carbocycles. The van der Waals surface area contributed by atoms with Gasteiger partial charge in [-0.2, -0.15) is 0 Å². The first-order chi connectivity index (χ1) is 9.75. The van der Waals surface area contributed by atoms with Gasteiger partial charge in [0.15, 0.2) is 0 Å². The van der Waals surface area contributed by atoms with Gasteiger partial charge in [0, 0.05) is 50.5 Å². The number of rotatable bonds is 3. The predicted molar refractivity (Wildman–Crippen MR) is 87.9 cm³/mol. The van der Waals surface area contributed by atoms with Gasteiger partial charge in [-0.25, -0.2) is 4.98 Å². The van der Waals surface area contributed by atoms with E-state index in [1.165, 1.54) is 11.3 Å². The Morgan fingerprint density at radius 2 is 2.19 bits per heavy atom. The van der Waals surface area contributed by atoms with E-state index in [2.05, 4.69) is 31.9 Å². The zero-order valence-electron chi connectivity index (χ0n) is 12.0. The van der Waals surface area contributed by atoms with Crippen molar-refractivity contribution in [1.29, 1.82) is 0 Å². The highest BCUT2D eigenvalue weighted by Crippen LogP contribution is 2.29. The number of nitrogens with one attached hydrogen (secondary N) is 1. The second kappa shape index (κ2) is 7.27. The fraction of sp³-hybridized carbons (Fsp3) is 0.400. The predicted octanol–water partition coefficient (Wildman–Crippen LogP) is 2.64. The van der Waals surface area contributed by atoms with Crippen LogP contribution in [0.4, 0.5) is 0 Å². The van der Waals surface area contributed by atoms with Crippen LogP contribution in [-0.2, 0) is 13.6 Å². The third-order valence-corrected chi connectivity index (χ3v) is 4.24. The second-order valence-electron chi connectivity index (χ2n) is 5.21. The third-order valence-electron chi connectivity index (χ3n) is 3.90. The van der Waals surface area contributed by atoms with Crippen molar-refractivity contribution < 1.29 is 0 Å². The van der Waals surface area contributed by atoms with Crippen molar-refractivity contribution in [2.45, 2.75) is 12.6 Å². The van der Waals surface area contributed by atoms with Crippen molar-refractivity contribution in [2.24, 2.45) is 7.05 Å². The van der Waals surface area contributed by atoms with Crippen LogP contribution in [-0.4, -0.2) is 34.1 Å². The number of hydrogen-bond donors (Lipinski definition) is 1. The van der Waals surface area contributed by atoms with Crippen molar-refractivity contribution >= 4 is 24.0 Å². The van der Waals surface area contributed by atoms with Crippen LogP contribution >= 0.6 is 24.0 Å². The van der Waals surface area contributed by atoms with E-state index in [1.807, 2.05) is 31.7 Å². The summed E-state index contributed by atoms with van der Waals surface area (Å²) in [5.41, 5.74) is 2.42. The summed E-state index contributed by atoms with van der Waals surface area (Å²) < 4.78 is 2.08. The number of aryl methyl sites for hydroxylation is 1. The molecule has 21 heavy (non-hydrogen) atoms. The Balaban J connectivity index is 0.00000161. The molecule has 1 unspecified atom stereocenters. The summed E-state index contributed by atoms with van der Waals surface area (Å²) in [6, 6.07) is 8.43. The van der Waals surface area contributed by atoms with Crippen LogP contribution in [0.3, 0.4) is 0 Å². The normalized spacial score (nSPS) is 19.2. The molecule has 1 aliphatic rings. The highest BCUT2D eigenvalue weighted by molar-refractivity contribution is 6.31. The van der Waals surface area contributed by atoms with Crippen LogP contribution in [0, 0.1) is 0 Å². The maximum atomic E-state index is 6.36. The number of halogens is 2. The molecule has 3 rings (SSSR count). The lowest BCUT2D eigenvalue weighted by molar-refractivity contribution is 0.150. The van der Waals surface area contributed by atoms with Gasteiger partial charge in [0.05, 0.1) is 12.0 Å². The Bertz CT molecular complexity index is 585. The molecule has 2 aromatic rings. The lowest BCUT2D eigenvalue weighted by atomic mass is 10.0. The first kappa shape index (κ1) is 16.3. The van der Waals surface area contributed by atoms with E-state index in [-0.39, 0.29) is 12.4 Å². The van der Waals surface area contributed by atoms with E-state index < -0.39 is 0 Å². The van der Waals surface area contributed by atoms with Crippen molar-refractivity contribution in [3.05, 3.63) is 53.1 Å². The SMILES string of the molecule is Cl.Cn1cncc1CN1CCNCC1c1ccccc1Cl. The van der Waals surface area contributed by atoms with Gasteiger partial charge in [-0.05, 0) is 11.6 Å². The zero-order chi connectivity index (χ0) is 13.9. The second-order valence-corrected chi connectivity index (χ2v) is 5.61. The van der Waals surface area contributed by atoms with Crippen molar-refractivity contribution in [1.82, 2.24) is 19.8 Å². The Hall–Kier alpha value is -1.07. The minimum Gasteiger partial charge on any atom is -0.337 e. The highest BCUT2D eigenvalue weighted by Gasteiger charge is 2.25. The molecule has 6 heteroatoms. The van der Waals surface area contributed by atoms with E-state index in [4.69, 9.17) is 11.6 Å². The molecule has 1 saturated heterocycles. The zero-order valence-corrected chi connectivity index (χ0v) is 13.6. The van der Waals surface area contributed by atoms with Crippen molar-refractivity contribution in [3.63, 3.8) is 0 Å². The first-order valence-corrected chi connectivity index (χ1v) is 7.28. The Morgan fingerprint density at radius 3 is 2.90 bits per heavy atom. The molecule has 2 heterocycles. The molecule has 0 bridgehead atoms. The maximum Gasteiger partial charge on any atom is 0.0945 e. The Morgan fingerprint density at radius 1 is 1.38 bits per heavy atom. The minimum absolute atomic E-state index is 0.